The van der Waals surface area contributed by atoms with Gasteiger partial charge in [-0.05, 0) is 0 Å². The van der Waals surface area contributed by atoms with Crippen LogP contribution in [-0.2, 0) is 0 Å². The van der Waals surface area contributed by atoms with Crippen LogP contribution in [0.15, 0.2) is 0 Å². The molecule has 0 aromatic carbocycles. The highest BCUT2D eigenvalue weighted by Crippen LogP contribution is 2.71. The Kier molecular flexibility index (Phi) is 2.05. The average Bonchev–Trinajstić information content (AvgIpc) is 2.51. The van der Waals surface area contributed by atoms with Crippen LogP contribution >= 0.6 is 0 Å². The summed E-state index contributed by atoms with van der Waals surface area (Å²) < 4.78 is 0. The van der Waals surface area contributed by atoms with E-state index in [0.717, 1.165) is 10.5 Å². The summed E-state index contributed by atoms with van der Waals surface area (Å²) in [7, 11) is 4.03. The molecule has 0 bridgehead atoms. The van der Waals surface area contributed by atoms with Crippen LogP contribution in [0.25, 0.3) is 0 Å². The summed E-state index contributed by atoms with van der Waals surface area (Å²) in [4.78, 5) is 0. The van der Waals surface area contributed by atoms with Crippen LogP contribution in [0.1, 0.15) is 51.9 Å². The molecule has 1 saturated heterocycles. The second kappa shape index (κ2) is 2.82. The van der Waals surface area contributed by atoms with Crippen molar-refractivity contribution >= 4 is 15.1 Å². The Morgan fingerprint density at radius 3 is 2.33 bits per heavy atom. The third-order valence-electron chi connectivity index (χ3n) is 4.57. The van der Waals surface area contributed by atoms with Gasteiger partial charge in [-0.15, -0.1) is 0 Å². The van der Waals surface area contributed by atoms with Crippen molar-refractivity contribution in [3.8, 4) is 0 Å². The summed E-state index contributed by atoms with van der Waals surface area (Å²) in [5, 5.41) is 1.49. The molecule has 66 valence electrons. The van der Waals surface area contributed by atoms with Gasteiger partial charge in [-0.3, -0.25) is 0 Å². The fourth-order valence-corrected chi connectivity index (χ4v) is 3.16. The predicted molar refractivity (Wildman–Crippen MR) is 59.1 cm³/mol. The van der Waals surface area contributed by atoms with Crippen LogP contribution in [0, 0.1) is 0 Å². The second-order valence-electron chi connectivity index (χ2n) is 5.57. The zero-order valence-corrected chi connectivity index (χ0v) is 8.66. The van der Waals surface area contributed by atoms with Crippen molar-refractivity contribution in [2.45, 2.75) is 62.4 Å². The van der Waals surface area contributed by atoms with E-state index in [4.69, 9.17) is 0 Å². The topological polar surface area (TPSA) is 0 Å². The standard InChI is InChI=1S/C10H20B2/c1-9-7-5-3-2-4-6-8-10(9,11)12-9/h12H,2-8,11H2,1H3. The molecule has 2 fully saturated rings. The molecule has 12 heavy (non-hydrogen) atoms. The van der Waals surface area contributed by atoms with E-state index in [1.807, 2.05) is 0 Å². The number of rotatable bonds is 0. The molecular weight excluding hydrogens is 142 g/mol. The van der Waals surface area contributed by atoms with E-state index in [9.17, 15) is 0 Å². The predicted octanol–water partition coefficient (Wildman–Crippen LogP) is 2.11. The van der Waals surface area contributed by atoms with Gasteiger partial charge in [0.2, 0.25) is 0 Å². The lowest BCUT2D eigenvalue weighted by Gasteiger charge is -2.18. The Bertz CT molecular complexity index is 163. The summed E-state index contributed by atoms with van der Waals surface area (Å²) >= 11 is 0. The zero-order chi connectivity index (χ0) is 8.66. The summed E-state index contributed by atoms with van der Waals surface area (Å²) in [6, 6.07) is 0. The quantitative estimate of drug-likeness (QED) is 0.478. The Morgan fingerprint density at radius 1 is 1.00 bits per heavy atom. The van der Waals surface area contributed by atoms with Gasteiger partial charge < -0.3 is 0 Å². The molecule has 1 aliphatic heterocycles. The largest absolute Gasteiger partial charge is 0.124 e. The molecule has 2 atom stereocenters. The smallest absolute Gasteiger partial charge is 0.0819 e. The van der Waals surface area contributed by atoms with E-state index >= 15 is 0 Å². The third kappa shape index (κ3) is 1.34. The number of fused-ring (bicyclic) bond motifs is 1. The summed E-state index contributed by atoms with van der Waals surface area (Å²) in [5.41, 5.74) is 0. The van der Waals surface area contributed by atoms with Gasteiger partial charge >= 0.3 is 0 Å². The zero-order valence-electron chi connectivity index (χ0n) is 8.66. The van der Waals surface area contributed by atoms with E-state index in [2.05, 4.69) is 14.8 Å². The first-order valence-corrected chi connectivity index (χ1v) is 5.66. The molecule has 2 aliphatic rings. The fourth-order valence-electron chi connectivity index (χ4n) is 3.16. The summed E-state index contributed by atoms with van der Waals surface area (Å²) in [6.45, 7) is 2.51. The molecule has 1 heterocycles. The van der Waals surface area contributed by atoms with Crippen LogP contribution in [0.2, 0.25) is 10.5 Å². The fraction of sp³-hybridized carbons (Fsp3) is 1.00. The van der Waals surface area contributed by atoms with Crippen LogP contribution in [0.4, 0.5) is 0 Å². The maximum Gasteiger partial charge on any atom is 0.124 e. The molecule has 2 unspecified atom stereocenters. The van der Waals surface area contributed by atoms with Crippen molar-refractivity contribution in [1.29, 1.82) is 0 Å². The Hall–Kier alpha value is 0.130. The van der Waals surface area contributed by atoms with Gasteiger partial charge in [-0.2, -0.15) is 0 Å². The Morgan fingerprint density at radius 2 is 1.58 bits per heavy atom. The lowest BCUT2D eigenvalue weighted by Crippen LogP contribution is -1.99. The number of hydrogen-bond acceptors (Lipinski definition) is 0. The highest BCUT2D eigenvalue weighted by atomic mass is 14.4. The molecule has 0 aromatic rings. The lowest BCUT2D eigenvalue weighted by molar-refractivity contribution is 0.540. The van der Waals surface area contributed by atoms with E-state index < -0.39 is 0 Å². The molecule has 0 nitrogen and oxygen atoms in total. The van der Waals surface area contributed by atoms with Gasteiger partial charge in [0, 0.05) is 0 Å². The summed E-state index contributed by atoms with van der Waals surface area (Å²) in [5.74, 6) is 0. The third-order valence-corrected chi connectivity index (χ3v) is 4.57. The molecule has 2 heteroatoms. The van der Waals surface area contributed by atoms with Crippen molar-refractivity contribution in [1.82, 2.24) is 0 Å². The van der Waals surface area contributed by atoms with Gasteiger partial charge in [-0.25, -0.2) is 0 Å². The average molecular weight is 162 g/mol. The first kappa shape index (κ1) is 8.72. The van der Waals surface area contributed by atoms with E-state index in [0.29, 0.717) is 0 Å². The monoisotopic (exact) mass is 162 g/mol. The maximum atomic E-state index is 2.51. The van der Waals surface area contributed by atoms with Crippen LogP contribution in [-0.4, -0.2) is 15.1 Å². The van der Waals surface area contributed by atoms with Gasteiger partial charge in [0.25, 0.3) is 0 Å². The molecule has 0 amide bonds. The van der Waals surface area contributed by atoms with Crippen molar-refractivity contribution in [2.24, 2.45) is 0 Å². The van der Waals surface area contributed by atoms with Crippen molar-refractivity contribution in [3.05, 3.63) is 0 Å². The van der Waals surface area contributed by atoms with E-state index in [1.165, 1.54) is 52.2 Å². The molecule has 0 aromatic heterocycles. The minimum absolute atomic E-state index is 0.747. The minimum Gasteiger partial charge on any atom is -0.0819 e. The molecule has 1 aliphatic carbocycles. The SMILES string of the molecule is BC12BC1(C)CCCCCCC2. The lowest BCUT2D eigenvalue weighted by atomic mass is 9.67. The Labute approximate surface area is 78.2 Å². The molecular formula is C10H20B2. The van der Waals surface area contributed by atoms with Gasteiger partial charge in [0.15, 0.2) is 0 Å². The van der Waals surface area contributed by atoms with Crippen LogP contribution in [0.5, 0.6) is 0 Å². The van der Waals surface area contributed by atoms with Crippen molar-refractivity contribution in [3.63, 3.8) is 0 Å². The maximum absolute atomic E-state index is 2.51. The van der Waals surface area contributed by atoms with E-state index in [-0.39, 0.29) is 0 Å². The molecule has 0 N–H and O–H groups in total. The van der Waals surface area contributed by atoms with Gasteiger partial charge in [0.1, 0.15) is 7.28 Å². The van der Waals surface area contributed by atoms with Crippen LogP contribution < -0.4 is 0 Å². The minimum atomic E-state index is 0.747. The van der Waals surface area contributed by atoms with Gasteiger partial charge in [0.05, 0.1) is 7.85 Å². The normalized spacial score (nSPS) is 47.8. The van der Waals surface area contributed by atoms with Crippen molar-refractivity contribution in [2.75, 3.05) is 0 Å². The second-order valence-corrected chi connectivity index (χ2v) is 5.57. The highest BCUT2D eigenvalue weighted by Gasteiger charge is 2.59. The first-order valence-electron chi connectivity index (χ1n) is 5.66. The molecule has 0 radical (unpaired) electrons. The van der Waals surface area contributed by atoms with Gasteiger partial charge in [-0.1, -0.05) is 62.4 Å². The van der Waals surface area contributed by atoms with Crippen molar-refractivity contribution < 1.29 is 0 Å². The highest BCUT2D eigenvalue weighted by molar-refractivity contribution is 6.71. The first-order chi connectivity index (χ1) is 5.66. The van der Waals surface area contributed by atoms with E-state index in [1.54, 1.807) is 0 Å². The van der Waals surface area contributed by atoms with Crippen LogP contribution in [0.3, 0.4) is 0 Å². The molecule has 1 saturated carbocycles. The molecule has 2 rings (SSSR count). The Balaban J connectivity index is 1.99. The molecule has 0 spiro atoms. The summed E-state index contributed by atoms with van der Waals surface area (Å²) in [6.07, 6.45) is 10.5. The number of hydrogen-bond donors (Lipinski definition) is 0.